The SMILES string of the molecule is O=C(Nc1cc(F)c(F)c(F)c1)c1ccc(O)c(OC2CCCC2)c1. The molecule has 132 valence electrons. The molecule has 0 spiro atoms. The van der Waals surface area contributed by atoms with E-state index >= 15 is 0 Å². The molecule has 0 radical (unpaired) electrons. The lowest BCUT2D eigenvalue weighted by Gasteiger charge is -2.15. The van der Waals surface area contributed by atoms with Crippen LogP contribution in [-0.4, -0.2) is 17.1 Å². The summed E-state index contributed by atoms with van der Waals surface area (Å²) in [7, 11) is 0. The van der Waals surface area contributed by atoms with Crippen molar-refractivity contribution in [3.05, 3.63) is 53.3 Å². The molecule has 0 atom stereocenters. The van der Waals surface area contributed by atoms with Crippen LogP contribution in [-0.2, 0) is 0 Å². The first-order valence-corrected chi connectivity index (χ1v) is 7.89. The van der Waals surface area contributed by atoms with Crippen molar-refractivity contribution in [1.29, 1.82) is 0 Å². The molecule has 1 aliphatic rings. The lowest BCUT2D eigenvalue weighted by Crippen LogP contribution is -2.14. The van der Waals surface area contributed by atoms with Crippen LogP contribution in [0.25, 0.3) is 0 Å². The maximum Gasteiger partial charge on any atom is 0.255 e. The Morgan fingerprint density at radius 3 is 2.36 bits per heavy atom. The van der Waals surface area contributed by atoms with Gasteiger partial charge in [-0.15, -0.1) is 0 Å². The largest absolute Gasteiger partial charge is 0.504 e. The van der Waals surface area contributed by atoms with Gasteiger partial charge in [0.05, 0.1) is 6.10 Å². The number of amides is 1. The Hall–Kier alpha value is -2.70. The molecule has 4 nitrogen and oxygen atoms in total. The zero-order valence-electron chi connectivity index (χ0n) is 13.2. The molecule has 1 amide bonds. The molecule has 0 aliphatic heterocycles. The van der Waals surface area contributed by atoms with Crippen molar-refractivity contribution >= 4 is 11.6 Å². The minimum absolute atomic E-state index is 0.00972. The quantitative estimate of drug-likeness (QED) is 0.804. The summed E-state index contributed by atoms with van der Waals surface area (Å²) in [4.78, 5) is 12.2. The number of carbonyl (C=O) groups is 1. The van der Waals surface area contributed by atoms with Crippen LogP contribution in [0.1, 0.15) is 36.0 Å². The number of rotatable bonds is 4. The fourth-order valence-corrected chi connectivity index (χ4v) is 2.77. The third-order valence-corrected chi connectivity index (χ3v) is 4.06. The summed E-state index contributed by atoms with van der Waals surface area (Å²) in [6.45, 7) is 0. The standard InChI is InChI=1S/C18H16F3NO3/c19-13-8-11(9-14(20)17(13)21)22-18(24)10-5-6-15(23)16(7-10)25-12-3-1-2-4-12/h5-9,12,23H,1-4H2,(H,22,24). The van der Waals surface area contributed by atoms with Crippen molar-refractivity contribution in [2.45, 2.75) is 31.8 Å². The fourth-order valence-electron chi connectivity index (χ4n) is 2.77. The average Bonchev–Trinajstić information content (AvgIpc) is 3.07. The van der Waals surface area contributed by atoms with Gasteiger partial charge in [0, 0.05) is 23.4 Å². The molecule has 25 heavy (non-hydrogen) atoms. The van der Waals surface area contributed by atoms with Crippen molar-refractivity contribution in [3.63, 3.8) is 0 Å². The van der Waals surface area contributed by atoms with Crippen LogP contribution < -0.4 is 10.1 Å². The molecule has 1 fully saturated rings. The van der Waals surface area contributed by atoms with Crippen LogP contribution in [0.5, 0.6) is 11.5 Å². The average molecular weight is 351 g/mol. The second-order valence-electron chi connectivity index (χ2n) is 5.91. The van der Waals surface area contributed by atoms with Crippen molar-refractivity contribution in [3.8, 4) is 11.5 Å². The van der Waals surface area contributed by atoms with Crippen LogP contribution in [0.2, 0.25) is 0 Å². The van der Waals surface area contributed by atoms with Gasteiger partial charge in [-0.1, -0.05) is 0 Å². The molecule has 3 rings (SSSR count). The van der Waals surface area contributed by atoms with Gasteiger partial charge in [-0.2, -0.15) is 0 Å². The molecular formula is C18H16F3NO3. The van der Waals surface area contributed by atoms with Gasteiger partial charge in [-0.25, -0.2) is 13.2 Å². The lowest BCUT2D eigenvalue weighted by molar-refractivity contribution is 0.102. The molecule has 0 aromatic heterocycles. The van der Waals surface area contributed by atoms with Gasteiger partial charge in [-0.05, 0) is 43.9 Å². The van der Waals surface area contributed by atoms with E-state index in [0.29, 0.717) is 12.1 Å². The van der Waals surface area contributed by atoms with E-state index in [1.54, 1.807) is 0 Å². The zero-order chi connectivity index (χ0) is 18.0. The molecule has 1 aliphatic carbocycles. The number of hydrogen-bond acceptors (Lipinski definition) is 3. The molecule has 7 heteroatoms. The second kappa shape index (κ2) is 7.04. The number of phenols is 1. The van der Waals surface area contributed by atoms with E-state index in [4.69, 9.17) is 4.74 Å². The van der Waals surface area contributed by atoms with Gasteiger partial charge in [0.2, 0.25) is 0 Å². The number of ether oxygens (including phenoxy) is 1. The highest BCUT2D eigenvalue weighted by molar-refractivity contribution is 6.04. The molecular weight excluding hydrogens is 335 g/mol. The Morgan fingerprint density at radius 1 is 1.08 bits per heavy atom. The first-order valence-electron chi connectivity index (χ1n) is 7.89. The Labute approximate surface area is 142 Å². The second-order valence-corrected chi connectivity index (χ2v) is 5.91. The topological polar surface area (TPSA) is 58.6 Å². The van der Waals surface area contributed by atoms with E-state index in [1.807, 2.05) is 0 Å². The molecule has 2 aromatic carbocycles. The van der Waals surface area contributed by atoms with E-state index in [2.05, 4.69) is 5.32 Å². The highest BCUT2D eigenvalue weighted by Crippen LogP contribution is 2.32. The van der Waals surface area contributed by atoms with Crippen LogP contribution in [0, 0.1) is 17.5 Å². The van der Waals surface area contributed by atoms with E-state index < -0.39 is 23.4 Å². The number of nitrogens with one attached hydrogen (secondary N) is 1. The Balaban J connectivity index is 1.77. The molecule has 0 unspecified atom stereocenters. The smallest absolute Gasteiger partial charge is 0.255 e. The number of halogens is 3. The van der Waals surface area contributed by atoms with Crippen LogP contribution in [0.4, 0.5) is 18.9 Å². The lowest BCUT2D eigenvalue weighted by atomic mass is 10.1. The van der Waals surface area contributed by atoms with Gasteiger partial charge in [0.25, 0.3) is 5.91 Å². The number of aromatic hydroxyl groups is 1. The van der Waals surface area contributed by atoms with Crippen LogP contribution >= 0.6 is 0 Å². The Kier molecular flexibility index (Phi) is 4.83. The molecule has 1 saturated carbocycles. The number of benzene rings is 2. The minimum Gasteiger partial charge on any atom is -0.504 e. The number of carbonyl (C=O) groups excluding carboxylic acids is 1. The van der Waals surface area contributed by atoms with Gasteiger partial charge >= 0.3 is 0 Å². The number of phenolic OH excluding ortho intramolecular Hbond substituents is 1. The first kappa shape index (κ1) is 17.1. The summed E-state index contributed by atoms with van der Waals surface area (Å²) < 4.78 is 45.1. The summed E-state index contributed by atoms with van der Waals surface area (Å²) in [5, 5.41) is 12.2. The van der Waals surface area contributed by atoms with E-state index in [9.17, 15) is 23.1 Å². The fraction of sp³-hybridized carbons (Fsp3) is 0.278. The predicted molar refractivity (Wildman–Crippen MR) is 85.3 cm³/mol. The maximum absolute atomic E-state index is 13.2. The Morgan fingerprint density at radius 2 is 1.72 bits per heavy atom. The molecule has 0 bridgehead atoms. The van der Waals surface area contributed by atoms with Crippen LogP contribution in [0.15, 0.2) is 30.3 Å². The van der Waals surface area contributed by atoms with Crippen molar-refractivity contribution in [2.24, 2.45) is 0 Å². The third kappa shape index (κ3) is 3.87. The van der Waals surface area contributed by atoms with E-state index in [0.717, 1.165) is 25.7 Å². The van der Waals surface area contributed by atoms with E-state index in [1.165, 1.54) is 18.2 Å². The normalized spacial score (nSPS) is 14.5. The summed E-state index contributed by atoms with van der Waals surface area (Å²) in [5.41, 5.74) is -0.0799. The van der Waals surface area contributed by atoms with Gasteiger partial charge in [0.1, 0.15) is 0 Å². The highest BCUT2D eigenvalue weighted by atomic mass is 19.2. The molecule has 2 N–H and O–H groups in total. The van der Waals surface area contributed by atoms with Gasteiger partial charge in [0.15, 0.2) is 29.0 Å². The first-order chi connectivity index (χ1) is 11.9. The zero-order valence-corrected chi connectivity index (χ0v) is 13.2. The summed E-state index contributed by atoms with van der Waals surface area (Å²) >= 11 is 0. The minimum atomic E-state index is -1.60. The van der Waals surface area contributed by atoms with Crippen LogP contribution in [0.3, 0.4) is 0 Å². The summed E-state index contributed by atoms with van der Waals surface area (Å²) in [6, 6.07) is 5.39. The van der Waals surface area contributed by atoms with Crippen molar-refractivity contribution in [1.82, 2.24) is 0 Å². The molecule has 2 aromatic rings. The molecule has 0 heterocycles. The van der Waals surface area contributed by atoms with Gasteiger partial charge < -0.3 is 15.2 Å². The predicted octanol–water partition coefficient (Wildman–Crippen LogP) is 4.38. The monoisotopic (exact) mass is 351 g/mol. The Bertz CT molecular complexity index is 781. The van der Waals surface area contributed by atoms with E-state index in [-0.39, 0.29) is 28.9 Å². The third-order valence-electron chi connectivity index (χ3n) is 4.06. The van der Waals surface area contributed by atoms with Gasteiger partial charge in [-0.3, -0.25) is 4.79 Å². The highest BCUT2D eigenvalue weighted by Gasteiger charge is 2.19. The molecule has 0 saturated heterocycles. The van der Waals surface area contributed by atoms with Crippen molar-refractivity contribution < 1.29 is 27.8 Å². The number of anilines is 1. The number of hydrogen-bond donors (Lipinski definition) is 2. The summed E-state index contributed by atoms with van der Waals surface area (Å²) in [5.74, 6) is -4.98. The van der Waals surface area contributed by atoms with Crippen molar-refractivity contribution in [2.75, 3.05) is 5.32 Å². The maximum atomic E-state index is 13.2. The summed E-state index contributed by atoms with van der Waals surface area (Å²) in [6.07, 6.45) is 3.85.